The fourth-order valence-corrected chi connectivity index (χ4v) is 4.68. The lowest BCUT2D eigenvalue weighted by Gasteiger charge is -2.14. The number of benzene rings is 1. The van der Waals surface area contributed by atoms with E-state index in [9.17, 15) is 8.42 Å². The number of rotatable bonds is 5. The predicted octanol–water partition coefficient (Wildman–Crippen LogP) is 1.62. The lowest BCUT2D eigenvalue weighted by molar-refractivity contribution is 0.402. The molecule has 0 radical (unpaired) electrons. The van der Waals surface area contributed by atoms with Gasteiger partial charge in [0.05, 0.1) is 7.11 Å². The van der Waals surface area contributed by atoms with E-state index in [0.29, 0.717) is 23.9 Å². The van der Waals surface area contributed by atoms with Gasteiger partial charge in [0.15, 0.2) is 0 Å². The number of nitrogens with two attached hydrogens (primary N) is 1. The molecule has 1 aliphatic rings. The van der Waals surface area contributed by atoms with E-state index in [4.69, 9.17) is 10.5 Å². The minimum absolute atomic E-state index is 0.105. The molecule has 3 N–H and O–H groups in total. The van der Waals surface area contributed by atoms with Crippen LogP contribution < -0.4 is 15.2 Å². The SMILES string of the molecule is COc1cc(C)c(N)cc1S(=O)(=O)NCC1CCSC1. The Morgan fingerprint density at radius 3 is 2.85 bits per heavy atom. The highest BCUT2D eigenvalue weighted by Gasteiger charge is 2.23. The zero-order valence-corrected chi connectivity index (χ0v) is 13.3. The van der Waals surface area contributed by atoms with E-state index in [1.54, 1.807) is 6.07 Å². The van der Waals surface area contributed by atoms with E-state index in [1.165, 1.54) is 13.2 Å². The third-order valence-electron chi connectivity index (χ3n) is 3.43. The van der Waals surface area contributed by atoms with Crippen molar-refractivity contribution in [1.29, 1.82) is 0 Å². The Morgan fingerprint density at radius 1 is 1.50 bits per heavy atom. The lowest BCUT2D eigenvalue weighted by Crippen LogP contribution is -2.29. The molecule has 7 heteroatoms. The van der Waals surface area contributed by atoms with Crippen molar-refractivity contribution in [3.63, 3.8) is 0 Å². The molecule has 5 nitrogen and oxygen atoms in total. The number of methoxy groups -OCH3 is 1. The number of aryl methyl sites for hydroxylation is 1. The molecule has 0 amide bonds. The maximum Gasteiger partial charge on any atom is 0.244 e. The van der Waals surface area contributed by atoms with Crippen molar-refractivity contribution < 1.29 is 13.2 Å². The highest BCUT2D eigenvalue weighted by molar-refractivity contribution is 7.99. The number of ether oxygens (including phenoxy) is 1. The van der Waals surface area contributed by atoms with Crippen LogP contribution in [0.15, 0.2) is 17.0 Å². The van der Waals surface area contributed by atoms with E-state index in [1.807, 2.05) is 18.7 Å². The first kappa shape index (κ1) is 15.5. The second-order valence-electron chi connectivity index (χ2n) is 4.94. The summed E-state index contributed by atoms with van der Waals surface area (Å²) in [4.78, 5) is 0.105. The van der Waals surface area contributed by atoms with Crippen molar-refractivity contribution in [2.75, 3.05) is 30.9 Å². The number of sulfonamides is 1. The van der Waals surface area contributed by atoms with Crippen molar-refractivity contribution in [2.24, 2.45) is 5.92 Å². The molecule has 0 bridgehead atoms. The maximum absolute atomic E-state index is 12.4. The molecule has 1 unspecified atom stereocenters. The summed E-state index contributed by atoms with van der Waals surface area (Å²) >= 11 is 1.86. The molecule has 1 saturated heterocycles. The van der Waals surface area contributed by atoms with Crippen molar-refractivity contribution in [2.45, 2.75) is 18.2 Å². The highest BCUT2D eigenvalue weighted by atomic mass is 32.2. The zero-order chi connectivity index (χ0) is 14.8. The summed E-state index contributed by atoms with van der Waals surface area (Å²) in [6.07, 6.45) is 1.06. The Kier molecular flexibility index (Phi) is 4.82. The van der Waals surface area contributed by atoms with Gasteiger partial charge in [-0.25, -0.2) is 13.1 Å². The molecule has 2 rings (SSSR count). The van der Waals surface area contributed by atoms with Gasteiger partial charge in [0.25, 0.3) is 0 Å². The van der Waals surface area contributed by atoms with Gasteiger partial charge in [0.1, 0.15) is 10.6 Å². The molecule has 0 aliphatic carbocycles. The first-order valence-corrected chi connectivity index (χ1v) is 9.09. The van der Waals surface area contributed by atoms with E-state index in [2.05, 4.69) is 4.72 Å². The van der Waals surface area contributed by atoms with Gasteiger partial charge in [-0.2, -0.15) is 11.8 Å². The molecule has 112 valence electrons. The topological polar surface area (TPSA) is 81.4 Å². The van der Waals surface area contributed by atoms with Crippen LogP contribution in [0.1, 0.15) is 12.0 Å². The fourth-order valence-electron chi connectivity index (χ4n) is 2.10. The molecular weight excluding hydrogens is 296 g/mol. The Balaban J connectivity index is 2.21. The van der Waals surface area contributed by atoms with Crippen LogP contribution in [0.2, 0.25) is 0 Å². The van der Waals surface area contributed by atoms with Crippen molar-refractivity contribution >= 4 is 27.5 Å². The van der Waals surface area contributed by atoms with Crippen LogP contribution in [0, 0.1) is 12.8 Å². The Labute approximate surface area is 124 Å². The second-order valence-corrected chi connectivity index (χ2v) is 7.83. The molecule has 0 aromatic heterocycles. The van der Waals surface area contributed by atoms with Gasteiger partial charge < -0.3 is 10.5 Å². The minimum Gasteiger partial charge on any atom is -0.495 e. The van der Waals surface area contributed by atoms with Crippen molar-refractivity contribution in [3.05, 3.63) is 17.7 Å². The Morgan fingerprint density at radius 2 is 2.25 bits per heavy atom. The van der Waals surface area contributed by atoms with Crippen LogP contribution in [-0.4, -0.2) is 33.6 Å². The van der Waals surface area contributed by atoms with E-state index >= 15 is 0 Å². The lowest BCUT2D eigenvalue weighted by atomic mass is 10.1. The van der Waals surface area contributed by atoms with Crippen LogP contribution in [0.3, 0.4) is 0 Å². The zero-order valence-electron chi connectivity index (χ0n) is 11.7. The summed E-state index contributed by atoms with van der Waals surface area (Å²) in [6, 6.07) is 3.11. The van der Waals surface area contributed by atoms with Gasteiger partial charge in [0, 0.05) is 12.2 Å². The summed E-state index contributed by atoms with van der Waals surface area (Å²) < 4.78 is 32.6. The molecule has 0 spiro atoms. The Hall–Kier alpha value is -0.920. The van der Waals surface area contributed by atoms with Gasteiger partial charge in [-0.1, -0.05) is 0 Å². The summed E-state index contributed by atoms with van der Waals surface area (Å²) in [5.41, 5.74) is 7.05. The van der Waals surface area contributed by atoms with Crippen LogP contribution >= 0.6 is 11.8 Å². The van der Waals surface area contributed by atoms with Crippen LogP contribution in [0.4, 0.5) is 5.69 Å². The molecule has 1 heterocycles. The molecule has 1 aromatic rings. The molecule has 0 saturated carbocycles. The molecule has 1 fully saturated rings. The molecule has 1 aromatic carbocycles. The third kappa shape index (κ3) is 3.39. The number of nitrogen functional groups attached to an aromatic ring is 1. The van der Waals surface area contributed by atoms with Crippen LogP contribution in [0.25, 0.3) is 0 Å². The average molecular weight is 316 g/mol. The molecule has 1 aliphatic heterocycles. The summed E-state index contributed by atoms with van der Waals surface area (Å²) in [6.45, 7) is 2.28. The van der Waals surface area contributed by atoms with Gasteiger partial charge in [-0.05, 0) is 48.5 Å². The van der Waals surface area contributed by atoms with E-state index < -0.39 is 10.0 Å². The molecule has 1 atom stereocenters. The number of hydrogen-bond acceptors (Lipinski definition) is 5. The number of thioether (sulfide) groups is 1. The van der Waals surface area contributed by atoms with E-state index in [0.717, 1.165) is 23.5 Å². The predicted molar refractivity (Wildman–Crippen MR) is 82.8 cm³/mol. The Bertz CT molecular complexity index is 582. The number of nitrogens with one attached hydrogen (secondary N) is 1. The summed E-state index contributed by atoms with van der Waals surface area (Å²) in [5.74, 6) is 2.84. The van der Waals surface area contributed by atoms with Gasteiger partial charge in [-0.3, -0.25) is 0 Å². The number of hydrogen-bond donors (Lipinski definition) is 2. The first-order chi connectivity index (χ1) is 9.44. The smallest absolute Gasteiger partial charge is 0.244 e. The van der Waals surface area contributed by atoms with Crippen molar-refractivity contribution in [3.8, 4) is 5.75 Å². The van der Waals surface area contributed by atoms with Gasteiger partial charge >= 0.3 is 0 Å². The molecule has 20 heavy (non-hydrogen) atoms. The minimum atomic E-state index is -3.59. The standard InChI is InChI=1S/C13H20N2O3S2/c1-9-5-12(18-2)13(6-11(9)14)20(16,17)15-7-10-3-4-19-8-10/h5-6,10,15H,3-4,7-8,14H2,1-2H3. The largest absolute Gasteiger partial charge is 0.495 e. The first-order valence-electron chi connectivity index (χ1n) is 6.45. The maximum atomic E-state index is 12.4. The second kappa shape index (κ2) is 6.24. The van der Waals surface area contributed by atoms with Crippen molar-refractivity contribution in [1.82, 2.24) is 4.72 Å². The normalized spacial score (nSPS) is 19.2. The summed E-state index contributed by atoms with van der Waals surface area (Å²) in [7, 11) is -2.14. The quantitative estimate of drug-likeness (QED) is 0.807. The van der Waals surface area contributed by atoms with Crippen LogP contribution in [0.5, 0.6) is 5.75 Å². The monoisotopic (exact) mass is 316 g/mol. The third-order valence-corrected chi connectivity index (χ3v) is 6.10. The van der Waals surface area contributed by atoms with Gasteiger partial charge in [0.2, 0.25) is 10.0 Å². The average Bonchev–Trinajstić information content (AvgIpc) is 2.92. The number of anilines is 1. The van der Waals surface area contributed by atoms with Crippen LogP contribution in [-0.2, 0) is 10.0 Å². The van der Waals surface area contributed by atoms with Gasteiger partial charge in [-0.15, -0.1) is 0 Å². The fraction of sp³-hybridized carbons (Fsp3) is 0.538. The highest BCUT2D eigenvalue weighted by Crippen LogP contribution is 2.29. The summed E-state index contributed by atoms with van der Waals surface area (Å²) in [5, 5.41) is 0. The van der Waals surface area contributed by atoms with E-state index in [-0.39, 0.29) is 4.90 Å². The molecular formula is C13H20N2O3S2.